The van der Waals surface area contributed by atoms with Crippen molar-refractivity contribution >= 4 is 46.7 Å². The number of aromatic nitrogens is 2. The molecule has 0 unspecified atom stereocenters. The third-order valence-electron chi connectivity index (χ3n) is 5.61. The van der Waals surface area contributed by atoms with Gasteiger partial charge in [0.2, 0.25) is 0 Å². The zero-order chi connectivity index (χ0) is 29.0. The van der Waals surface area contributed by atoms with Gasteiger partial charge in [0.05, 0.1) is 23.5 Å². The van der Waals surface area contributed by atoms with Crippen molar-refractivity contribution in [3.05, 3.63) is 99.1 Å². The summed E-state index contributed by atoms with van der Waals surface area (Å²) in [7, 11) is 1.15. The Hall–Kier alpha value is -3.73. The topological polar surface area (TPSA) is 82.5 Å². The fourth-order valence-corrected chi connectivity index (χ4v) is 4.40. The van der Waals surface area contributed by atoms with E-state index in [1.165, 1.54) is 28.9 Å². The third kappa shape index (κ3) is 7.26. The molecule has 0 radical (unpaired) electrons. The first-order chi connectivity index (χ1) is 18.9. The van der Waals surface area contributed by atoms with Crippen molar-refractivity contribution in [3.8, 4) is 22.7 Å². The minimum atomic E-state index is -4.84. The van der Waals surface area contributed by atoms with Gasteiger partial charge in [-0.15, -0.1) is 13.2 Å². The molecule has 0 bridgehead atoms. The second-order valence-electron chi connectivity index (χ2n) is 8.37. The van der Waals surface area contributed by atoms with Crippen molar-refractivity contribution in [2.75, 3.05) is 7.11 Å². The number of hydrogen-bond acceptors (Lipinski definition) is 5. The standard InChI is InChI=1S/C27H19Cl3F3N3O4/c1-39-26(38)22(12-15-2-9-19(10-3-15)40-27(31,32)33)34-25(37)21-14-24(16-4-6-17(28)7-5-16)36(35-21)23-11-8-18(29)13-20(23)30/h2-11,13-14,22H,12H2,1H3,(H,34,37)/t22-/m0/s1. The van der Waals surface area contributed by atoms with Gasteiger partial charge in [0.1, 0.15) is 11.8 Å². The molecule has 1 heterocycles. The number of alkyl halides is 3. The number of rotatable bonds is 8. The summed E-state index contributed by atoms with van der Waals surface area (Å²) in [4.78, 5) is 25.8. The van der Waals surface area contributed by atoms with Gasteiger partial charge in [-0.1, -0.05) is 59.1 Å². The highest BCUT2D eigenvalue weighted by molar-refractivity contribution is 6.35. The maximum absolute atomic E-state index is 13.3. The number of nitrogens with one attached hydrogen (secondary N) is 1. The quantitative estimate of drug-likeness (QED) is 0.219. The molecule has 13 heteroatoms. The third-order valence-corrected chi connectivity index (χ3v) is 6.40. The van der Waals surface area contributed by atoms with Crippen molar-refractivity contribution in [1.82, 2.24) is 15.1 Å². The lowest BCUT2D eigenvalue weighted by atomic mass is 10.1. The van der Waals surface area contributed by atoms with E-state index in [4.69, 9.17) is 39.5 Å². The lowest BCUT2D eigenvalue weighted by molar-refractivity contribution is -0.274. The van der Waals surface area contributed by atoms with Crippen LogP contribution in [0.3, 0.4) is 0 Å². The Kier molecular flexibility index (Phi) is 8.92. The van der Waals surface area contributed by atoms with Gasteiger partial charge < -0.3 is 14.8 Å². The Morgan fingerprint density at radius 3 is 2.20 bits per heavy atom. The summed E-state index contributed by atoms with van der Waals surface area (Å²) in [5.74, 6) is -1.88. The molecular formula is C27H19Cl3F3N3O4. The number of amides is 1. The molecule has 0 spiro atoms. The number of benzene rings is 3. The molecule has 0 saturated carbocycles. The molecule has 1 aromatic heterocycles. The van der Waals surface area contributed by atoms with Gasteiger partial charge in [0, 0.05) is 22.0 Å². The molecule has 1 atom stereocenters. The first-order valence-electron chi connectivity index (χ1n) is 11.5. The SMILES string of the molecule is COC(=O)[C@H](Cc1ccc(OC(F)(F)F)cc1)NC(=O)c1cc(-c2ccc(Cl)cc2)n(-c2ccc(Cl)cc2Cl)n1. The Morgan fingerprint density at radius 2 is 1.60 bits per heavy atom. The van der Waals surface area contributed by atoms with E-state index in [1.54, 1.807) is 36.4 Å². The lowest BCUT2D eigenvalue weighted by Gasteiger charge is -2.16. The molecule has 1 amide bonds. The van der Waals surface area contributed by atoms with Gasteiger partial charge in [-0.25, -0.2) is 9.48 Å². The van der Waals surface area contributed by atoms with E-state index in [2.05, 4.69) is 15.2 Å². The first-order valence-corrected chi connectivity index (χ1v) is 12.6. The molecular weight excluding hydrogens is 594 g/mol. The summed E-state index contributed by atoms with van der Waals surface area (Å²) in [5, 5.41) is 8.21. The molecule has 208 valence electrons. The molecule has 4 rings (SSSR count). The molecule has 0 aliphatic carbocycles. The molecule has 40 heavy (non-hydrogen) atoms. The molecule has 1 N–H and O–H groups in total. The second kappa shape index (κ2) is 12.2. The van der Waals surface area contributed by atoms with Crippen molar-refractivity contribution in [1.29, 1.82) is 0 Å². The van der Waals surface area contributed by atoms with Crippen LogP contribution in [-0.4, -0.2) is 41.2 Å². The van der Waals surface area contributed by atoms with Gasteiger partial charge in [-0.3, -0.25) is 4.79 Å². The Labute approximate surface area is 241 Å². The van der Waals surface area contributed by atoms with E-state index >= 15 is 0 Å². The van der Waals surface area contributed by atoms with E-state index in [-0.39, 0.29) is 17.1 Å². The van der Waals surface area contributed by atoms with Crippen LogP contribution in [0.2, 0.25) is 15.1 Å². The number of esters is 1. The Bertz CT molecular complexity index is 1530. The van der Waals surface area contributed by atoms with Crippen molar-refractivity contribution in [2.24, 2.45) is 0 Å². The zero-order valence-corrected chi connectivity index (χ0v) is 22.8. The maximum Gasteiger partial charge on any atom is 0.573 e. The predicted octanol–water partition coefficient (Wildman–Crippen LogP) is 6.91. The Morgan fingerprint density at radius 1 is 0.950 bits per heavy atom. The summed E-state index contributed by atoms with van der Waals surface area (Å²) in [6.45, 7) is 0. The van der Waals surface area contributed by atoms with E-state index in [0.717, 1.165) is 19.2 Å². The number of nitrogens with zero attached hydrogens (tertiary/aromatic N) is 2. The van der Waals surface area contributed by atoms with E-state index < -0.39 is 30.0 Å². The van der Waals surface area contributed by atoms with Crippen LogP contribution < -0.4 is 10.1 Å². The number of carbonyl (C=O) groups is 2. The van der Waals surface area contributed by atoms with Crippen LogP contribution in [0.15, 0.2) is 72.8 Å². The summed E-state index contributed by atoms with van der Waals surface area (Å²) >= 11 is 18.5. The largest absolute Gasteiger partial charge is 0.573 e. The van der Waals surface area contributed by atoms with Crippen LogP contribution in [0.25, 0.3) is 16.9 Å². The maximum atomic E-state index is 13.3. The Balaban J connectivity index is 1.63. The van der Waals surface area contributed by atoms with Crippen LogP contribution >= 0.6 is 34.8 Å². The highest BCUT2D eigenvalue weighted by Crippen LogP contribution is 2.30. The van der Waals surface area contributed by atoms with Crippen LogP contribution in [0.1, 0.15) is 16.1 Å². The molecule has 4 aromatic rings. The van der Waals surface area contributed by atoms with E-state index in [0.29, 0.717) is 32.6 Å². The minimum absolute atomic E-state index is 0.0428. The summed E-state index contributed by atoms with van der Waals surface area (Å²) in [6, 6.07) is 16.9. The number of ether oxygens (including phenoxy) is 2. The fraction of sp³-hybridized carbons (Fsp3) is 0.148. The van der Waals surface area contributed by atoms with Gasteiger partial charge >= 0.3 is 12.3 Å². The van der Waals surface area contributed by atoms with Gasteiger partial charge in [0.25, 0.3) is 5.91 Å². The van der Waals surface area contributed by atoms with Gasteiger partial charge in [-0.2, -0.15) is 5.10 Å². The highest BCUT2D eigenvalue weighted by Gasteiger charge is 2.31. The summed E-state index contributed by atoms with van der Waals surface area (Å²) in [6.07, 6.45) is -4.91. The predicted molar refractivity (Wildman–Crippen MR) is 144 cm³/mol. The highest BCUT2D eigenvalue weighted by atomic mass is 35.5. The number of hydrogen-bond donors (Lipinski definition) is 1. The van der Waals surface area contributed by atoms with Crippen LogP contribution in [0, 0.1) is 0 Å². The number of carbonyl (C=O) groups excluding carboxylic acids is 2. The van der Waals surface area contributed by atoms with Crippen LogP contribution in [0.5, 0.6) is 5.75 Å². The molecule has 0 saturated heterocycles. The molecule has 0 aliphatic rings. The zero-order valence-electron chi connectivity index (χ0n) is 20.5. The smallest absolute Gasteiger partial charge is 0.467 e. The minimum Gasteiger partial charge on any atom is -0.467 e. The second-order valence-corrected chi connectivity index (χ2v) is 9.65. The number of halogens is 6. The van der Waals surface area contributed by atoms with Crippen molar-refractivity contribution in [3.63, 3.8) is 0 Å². The normalized spacial score (nSPS) is 12.1. The summed E-state index contributed by atoms with van der Waals surface area (Å²) < 4.78 is 47.5. The number of methoxy groups -OCH3 is 1. The fourth-order valence-electron chi connectivity index (χ4n) is 3.79. The first kappa shape index (κ1) is 29.3. The average Bonchev–Trinajstić information content (AvgIpc) is 3.34. The van der Waals surface area contributed by atoms with Crippen molar-refractivity contribution < 1.29 is 32.2 Å². The molecule has 0 aliphatic heterocycles. The van der Waals surface area contributed by atoms with Gasteiger partial charge in [-0.05, 0) is 54.1 Å². The monoisotopic (exact) mass is 611 g/mol. The van der Waals surface area contributed by atoms with Crippen LogP contribution in [0.4, 0.5) is 13.2 Å². The lowest BCUT2D eigenvalue weighted by Crippen LogP contribution is -2.43. The average molecular weight is 613 g/mol. The molecule has 0 fully saturated rings. The molecule has 7 nitrogen and oxygen atoms in total. The molecule has 3 aromatic carbocycles. The van der Waals surface area contributed by atoms with E-state index in [1.807, 2.05) is 0 Å². The van der Waals surface area contributed by atoms with Gasteiger partial charge in [0.15, 0.2) is 5.69 Å². The summed E-state index contributed by atoms with van der Waals surface area (Å²) in [5.41, 5.74) is 2.03. The van der Waals surface area contributed by atoms with Crippen LogP contribution in [-0.2, 0) is 16.0 Å². The van der Waals surface area contributed by atoms with E-state index in [9.17, 15) is 22.8 Å². The van der Waals surface area contributed by atoms with Crippen molar-refractivity contribution in [2.45, 2.75) is 18.8 Å².